The fraction of sp³-hybridized carbons (Fsp3) is 0.450. The number of rotatable bonds is 5. The number of benzene rings is 1. The van der Waals surface area contributed by atoms with Crippen LogP contribution < -0.4 is 16.4 Å². The van der Waals surface area contributed by atoms with Gasteiger partial charge in [0, 0.05) is 28.9 Å². The number of fused-ring (bicyclic) bond motifs is 1. The molecule has 0 unspecified atom stereocenters. The largest absolute Gasteiger partial charge is 0.399 e. The second kappa shape index (κ2) is 7.93. The number of nitrogens with one attached hydrogen (secondary N) is 2. The van der Waals surface area contributed by atoms with Crippen molar-refractivity contribution < 1.29 is 0 Å². The molecular weight excluding hydrogens is 374 g/mol. The van der Waals surface area contributed by atoms with Gasteiger partial charge in [-0.15, -0.1) is 0 Å². The van der Waals surface area contributed by atoms with Crippen molar-refractivity contribution in [2.45, 2.75) is 39.2 Å². The molecule has 1 aliphatic rings. The first-order valence-electron chi connectivity index (χ1n) is 9.77. The number of imidazole rings is 1. The lowest BCUT2D eigenvalue weighted by Gasteiger charge is -2.22. The number of piperidine rings is 1. The van der Waals surface area contributed by atoms with E-state index in [1.165, 1.54) is 12.8 Å². The fourth-order valence-corrected chi connectivity index (χ4v) is 3.94. The van der Waals surface area contributed by atoms with Crippen molar-refractivity contribution in [2.75, 3.05) is 24.1 Å². The van der Waals surface area contributed by atoms with Crippen molar-refractivity contribution in [3.8, 4) is 0 Å². The van der Waals surface area contributed by atoms with Crippen LogP contribution in [0, 0.1) is 5.92 Å². The number of hydrogen-bond donors (Lipinski definition) is 3. The molecule has 0 saturated carbocycles. The summed E-state index contributed by atoms with van der Waals surface area (Å²) < 4.78 is 2.08. The first-order chi connectivity index (χ1) is 13.5. The van der Waals surface area contributed by atoms with Gasteiger partial charge in [-0.2, -0.15) is 0 Å². The summed E-state index contributed by atoms with van der Waals surface area (Å²) in [7, 11) is 0. The highest BCUT2D eigenvalue weighted by atomic mass is 35.5. The Kier molecular flexibility index (Phi) is 5.37. The fourth-order valence-electron chi connectivity index (χ4n) is 3.70. The molecule has 1 aromatic carbocycles. The van der Waals surface area contributed by atoms with E-state index in [2.05, 4.69) is 34.0 Å². The zero-order chi connectivity index (χ0) is 19.7. The van der Waals surface area contributed by atoms with Crippen molar-refractivity contribution >= 4 is 40.0 Å². The average Bonchev–Trinajstić information content (AvgIpc) is 3.06. The van der Waals surface area contributed by atoms with Crippen LogP contribution in [0.4, 0.5) is 17.2 Å². The maximum Gasteiger partial charge on any atom is 0.166 e. The van der Waals surface area contributed by atoms with Crippen LogP contribution in [-0.2, 0) is 6.42 Å². The summed E-state index contributed by atoms with van der Waals surface area (Å²) in [5, 5.41) is 7.40. The topological polar surface area (TPSA) is 93.7 Å². The molecule has 8 heteroatoms. The normalized spacial score (nSPS) is 17.4. The Bertz CT molecular complexity index is 956. The predicted octanol–water partition coefficient (Wildman–Crippen LogP) is 3.93. The highest BCUT2D eigenvalue weighted by Crippen LogP contribution is 2.28. The number of hydrogen-bond acceptors (Lipinski definition) is 6. The standard InChI is InChI=1S/C20H26ClN7/c1-12(2)28-11-24-18-19(25-16-8-14(21)7-15(22)9-16)26-17(27-20(18)28)6-13-4-3-5-23-10-13/h7-9,11-13,23H,3-6,10,22H2,1-2H3,(H,25,26,27)/t13-/m1/s1. The summed E-state index contributed by atoms with van der Waals surface area (Å²) in [6.07, 6.45) is 5.07. The number of nitrogens with zero attached hydrogens (tertiary/aromatic N) is 4. The van der Waals surface area contributed by atoms with Gasteiger partial charge in [0.1, 0.15) is 5.82 Å². The minimum atomic E-state index is 0.263. The molecule has 4 rings (SSSR count). The van der Waals surface area contributed by atoms with Gasteiger partial charge in [0.15, 0.2) is 17.0 Å². The summed E-state index contributed by atoms with van der Waals surface area (Å²) in [4.78, 5) is 14.2. The molecule has 0 radical (unpaired) electrons. The molecule has 28 heavy (non-hydrogen) atoms. The van der Waals surface area contributed by atoms with Gasteiger partial charge < -0.3 is 20.9 Å². The second-order valence-corrected chi connectivity index (χ2v) is 8.16. The molecule has 148 valence electrons. The van der Waals surface area contributed by atoms with Gasteiger partial charge in [0.2, 0.25) is 0 Å². The van der Waals surface area contributed by atoms with E-state index < -0.39 is 0 Å². The van der Waals surface area contributed by atoms with E-state index >= 15 is 0 Å². The third kappa shape index (κ3) is 4.05. The Morgan fingerprint density at radius 1 is 1.32 bits per heavy atom. The molecule has 1 atom stereocenters. The minimum absolute atomic E-state index is 0.263. The zero-order valence-electron chi connectivity index (χ0n) is 16.2. The van der Waals surface area contributed by atoms with Crippen LogP contribution in [0.15, 0.2) is 24.5 Å². The summed E-state index contributed by atoms with van der Waals surface area (Å²) in [5.41, 5.74) is 8.92. The molecule has 1 saturated heterocycles. The van der Waals surface area contributed by atoms with Crippen LogP contribution in [-0.4, -0.2) is 32.6 Å². The summed E-state index contributed by atoms with van der Waals surface area (Å²) in [6, 6.07) is 5.65. The summed E-state index contributed by atoms with van der Waals surface area (Å²) in [5.74, 6) is 2.07. The Labute approximate surface area is 169 Å². The van der Waals surface area contributed by atoms with Crippen LogP contribution in [0.1, 0.15) is 38.6 Å². The Hall–Kier alpha value is -2.38. The maximum atomic E-state index is 6.16. The molecule has 3 aromatic rings. The van der Waals surface area contributed by atoms with Gasteiger partial charge in [0.25, 0.3) is 0 Å². The van der Waals surface area contributed by atoms with Gasteiger partial charge in [0.05, 0.1) is 6.33 Å². The number of halogens is 1. The maximum absolute atomic E-state index is 6.16. The lowest BCUT2D eigenvalue weighted by atomic mass is 9.96. The molecule has 4 N–H and O–H groups in total. The van der Waals surface area contributed by atoms with E-state index in [1.54, 1.807) is 6.07 Å². The Balaban J connectivity index is 1.74. The molecular formula is C20H26ClN7. The molecule has 7 nitrogen and oxygen atoms in total. The van der Waals surface area contributed by atoms with E-state index in [-0.39, 0.29) is 6.04 Å². The molecule has 1 fully saturated rings. The monoisotopic (exact) mass is 399 g/mol. The average molecular weight is 400 g/mol. The predicted molar refractivity (Wildman–Crippen MR) is 114 cm³/mol. The van der Waals surface area contributed by atoms with Crippen LogP contribution >= 0.6 is 11.6 Å². The minimum Gasteiger partial charge on any atom is -0.399 e. The van der Waals surface area contributed by atoms with Crippen molar-refractivity contribution in [2.24, 2.45) is 5.92 Å². The third-order valence-electron chi connectivity index (χ3n) is 5.08. The van der Waals surface area contributed by atoms with Crippen LogP contribution in [0.3, 0.4) is 0 Å². The number of aromatic nitrogens is 4. The highest BCUT2D eigenvalue weighted by Gasteiger charge is 2.19. The number of nitrogen functional groups attached to an aromatic ring is 1. The zero-order valence-corrected chi connectivity index (χ0v) is 17.0. The number of nitrogens with two attached hydrogens (primary N) is 1. The van der Waals surface area contributed by atoms with Gasteiger partial charge in [-0.25, -0.2) is 15.0 Å². The van der Waals surface area contributed by atoms with Gasteiger partial charge in [-0.1, -0.05) is 11.6 Å². The molecule has 1 aliphatic heterocycles. The second-order valence-electron chi connectivity index (χ2n) is 7.72. The molecule has 3 heterocycles. The highest BCUT2D eigenvalue weighted by molar-refractivity contribution is 6.31. The first-order valence-corrected chi connectivity index (χ1v) is 10.1. The van der Waals surface area contributed by atoms with Crippen LogP contribution in [0.2, 0.25) is 5.02 Å². The first kappa shape index (κ1) is 19.0. The van der Waals surface area contributed by atoms with E-state index in [9.17, 15) is 0 Å². The van der Waals surface area contributed by atoms with Crippen molar-refractivity contribution in [3.05, 3.63) is 35.4 Å². The van der Waals surface area contributed by atoms with E-state index in [4.69, 9.17) is 27.3 Å². The molecule has 0 spiro atoms. The summed E-state index contributed by atoms with van der Waals surface area (Å²) >= 11 is 6.16. The molecule has 0 aliphatic carbocycles. The van der Waals surface area contributed by atoms with Gasteiger partial charge in [-0.05, 0) is 63.9 Å². The molecule has 2 aromatic heterocycles. The molecule has 0 amide bonds. The van der Waals surface area contributed by atoms with Crippen molar-refractivity contribution in [1.82, 2.24) is 24.8 Å². The quantitative estimate of drug-likeness (QED) is 0.563. The van der Waals surface area contributed by atoms with E-state index in [0.717, 1.165) is 42.2 Å². The van der Waals surface area contributed by atoms with E-state index in [0.29, 0.717) is 22.4 Å². The van der Waals surface area contributed by atoms with Crippen LogP contribution in [0.5, 0.6) is 0 Å². The lowest BCUT2D eigenvalue weighted by Crippen LogP contribution is -2.31. The van der Waals surface area contributed by atoms with Crippen molar-refractivity contribution in [1.29, 1.82) is 0 Å². The third-order valence-corrected chi connectivity index (χ3v) is 5.30. The van der Waals surface area contributed by atoms with Gasteiger partial charge >= 0.3 is 0 Å². The number of anilines is 3. The van der Waals surface area contributed by atoms with Gasteiger partial charge in [-0.3, -0.25) is 0 Å². The molecule has 0 bridgehead atoms. The summed E-state index contributed by atoms with van der Waals surface area (Å²) in [6.45, 7) is 6.36. The Morgan fingerprint density at radius 2 is 2.18 bits per heavy atom. The van der Waals surface area contributed by atoms with Crippen LogP contribution in [0.25, 0.3) is 11.2 Å². The Morgan fingerprint density at radius 3 is 2.89 bits per heavy atom. The SMILES string of the molecule is CC(C)n1cnc2c(Nc3cc(N)cc(Cl)c3)nc(C[C@H]3CCCNC3)nc21. The smallest absolute Gasteiger partial charge is 0.166 e. The lowest BCUT2D eigenvalue weighted by molar-refractivity contribution is 0.371. The van der Waals surface area contributed by atoms with Crippen molar-refractivity contribution in [3.63, 3.8) is 0 Å². The van der Waals surface area contributed by atoms with E-state index in [1.807, 2.05) is 18.5 Å².